The lowest BCUT2D eigenvalue weighted by atomic mass is 10.1. The largest absolute Gasteiger partial charge is 0.493 e. The normalized spacial score (nSPS) is 12.4. The third-order valence-corrected chi connectivity index (χ3v) is 3.40. The zero-order valence-electron chi connectivity index (χ0n) is 14.8. The molecule has 0 bridgehead atoms. The van der Waals surface area contributed by atoms with Gasteiger partial charge in [0, 0.05) is 6.42 Å². The van der Waals surface area contributed by atoms with Crippen LogP contribution in [-0.2, 0) is 19.1 Å². The maximum absolute atomic E-state index is 12.1. The molecule has 5 nitrogen and oxygen atoms in total. The van der Waals surface area contributed by atoms with Crippen LogP contribution in [0, 0.1) is 19.8 Å². The van der Waals surface area contributed by atoms with Gasteiger partial charge in [0.25, 0.3) is 0 Å². The number of aryl methyl sites for hydroxylation is 1. The SMILES string of the molecule is COC(=O)[C@H](CCOc1cccc(C)c1C)C(=O)OC(C)(C)C. The Morgan fingerprint density at radius 2 is 1.78 bits per heavy atom. The van der Waals surface area contributed by atoms with Crippen LogP contribution in [0.4, 0.5) is 0 Å². The summed E-state index contributed by atoms with van der Waals surface area (Å²) in [4.78, 5) is 24.0. The van der Waals surface area contributed by atoms with E-state index in [0.29, 0.717) is 0 Å². The summed E-state index contributed by atoms with van der Waals surface area (Å²) in [7, 11) is 1.26. The van der Waals surface area contributed by atoms with Crippen LogP contribution in [0.2, 0.25) is 0 Å². The first-order valence-electron chi connectivity index (χ1n) is 7.65. The highest BCUT2D eigenvalue weighted by Gasteiger charge is 2.32. The van der Waals surface area contributed by atoms with Crippen molar-refractivity contribution in [3.63, 3.8) is 0 Å². The van der Waals surface area contributed by atoms with Gasteiger partial charge in [-0.15, -0.1) is 0 Å². The van der Waals surface area contributed by atoms with Crippen molar-refractivity contribution in [1.29, 1.82) is 0 Å². The quantitative estimate of drug-likeness (QED) is 0.594. The van der Waals surface area contributed by atoms with E-state index in [1.807, 2.05) is 32.0 Å². The van der Waals surface area contributed by atoms with E-state index in [2.05, 4.69) is 0 Å². The highest BCUT2D eigenvalue weighted by Crippen LogP contribution is 2.22. The molecule has 0 spiro atoms. The second kappa shape index (κ2) is 7.99. The molecule has 23 heavy (non-hydrogen) atoms. The molecule has 0 aliphatic heterocycles. The van der Waals surface area contributed by atoms with Gasteiger partial charge in [-0.25, -0.2) is 0 Å². The number of carbonyl (C=O) groups is 2. The van der Waals surface area contributed by atoms with Gasteiger partial charge in [-0.05, 0) is 51.8 Å². The lowest BCUT2D eigenvalue weighted by Gasteiger charge is -2.23. The van der Waals surface area contributed by atoms with Crippen molar-refractivity contribution in [1.82, 2.24) is 0 Å². The monoisotopic (exact) mass is 322 g/mol. The molecule has 1 aromatic carbocycles. The van der Waals surface area contributed by atoms with Gasteiger partial charge in [0.15, 0.2) is 5.92 Å². The lowest BCUT2D eigenvalue weighted by molar-refractivity contribution is -0.168. The van der Waals surface area contributed by atoms with E-state index in [-0.39, 0.29) is 13.0 Å². The molecule has 1 atom stereocenters. The molecule has 0 heterocycles. The van der Waals surface area contributed by atoms with Gasteiger partial charge in [-0.3, -0.25) is 9.59 Å². The van der Waals surface area contributed by atoms with Crippen molar-refractivity contribution in [3.8, 4) is 5.75 Å². The van der Waals surface area contributed by atoms with Gasteiger partial charge in [0.2, 0.25) is 0 Å². The maximum Gasteiger partial charge on any atom is 0.320 e. The van der Waals surface area contributed by atoms with Crippen LogP contribution in [0.3, 0.4) is 0 Å². The molecule has 0 radical (unpaired) electrons. The number of rotatable bonds is 6. The summed E-state index contributed by atoms with van der Waals surface area (Å²) >= 11 is 0. The Balaban J connectivity index is 2.70. The molecular formula is C18H26O5. The molecule has 0 amide bonds. The number of hydrogen-bond acceptors (Lipinski definition) is 5. The number of ether oxygens (including phenoxy) is 3. The molecule has 0 N–H and O–H groups in total. The van der Waals surface area contributed by atoms with Crippen LogP contribution in [0.25, 0.3) is 0 Å². The molecule has 0 unspecified atom stereocenters. The molecule has 5 heteroatoms. The number of hydrogen-bond donors (Lipinski definition) is 0. The van der Waals surface area contributed by atoms with Gasteiger partial charge >= 0.3 is 11.9 Å². The van der Waals surface area contributed by atoms with Crippen LogP contribution in [-0.4, -0.2) is 31.3 Å². The average Bonchev–Trinajstić information content (AvgIpc) is 2.45. The van der Waals surface area contributed by atoms with Crippen LogP contribution in [0.5, 0.6) is 5.75 Å². The molecule has 0 fully saturated rings. The minimum atomic E-state index is -0.982. The molecule has 0 aliphatic rings. The fraction of sp³-hybridized carbons (Fsp3) is 0.556. The summed E-state index contributed by atoms with van der Waals surface area (Å²) in [6.07, 6.45) is 0.203. The minimum Gasteiger partial charge on any atom is -0.493 e. The van der Waals surface area contributed by atoms with E-state index >= 15 is 0 Å². The van der Waals surface area contributed by atoms with Crippen LogP contribution < -0.4 is 4.74 Å². The Morgan fingerprint density at radius 1 is 1.13 bits per heavy atom. The second-order valence-corrected chi connectivity index (χ2v) is 6.44. The number of benzene rings is 1. The molecule has 0 aliphatic carbocycles. The third kappa shape index (κ3) is 5.93. The van der Waals surface area contributed by atoms with Crippen molar-refractivity contribution >= 4 is 11.9 Å². The highest BCUT2D eigenvalue weighted by atomic mass is 16.6. The fourth-order valence-electron chi connectivity index (χ4n) is 2.01. The first-order valence-corrected chi connectivity index (χ1v) is 7.65. The second-order valence-electron chi connectivity index (χ2n) is 6.44. The van der Waals surface area contributed by atoms with Gasteiger partial charge in [0.05, 0.1) is 13.7 Å². The Labute approximate surface area is 137 Å². The van der Waals surface area contributed by atoms with Crippen molar-refractivity contribution < 1.29 is 23.8 Å². The molecule has 128 valence electrons. The van der Waals surface area contributed by atoms with Crippen molar-refractivity contribution in [2.45, 2.75) is 46.6 Å². The van der Waals surface area contributed by atoms with Crippen molar-refractivity contribution in [2.24, 2.45) is 5.92 Å². The predicted octanol–water partition coefficient (Wildman–Crippen LogP) is 3.20. The Kier molecular flexibility index (Phi) is 6.61. The highest BCUT2D eigenvalue weighted by molar-refractivity contribution is 5.95. The standard InChI is InChI=1S/C18H26O5/c1-12-8-7-9-15(13(12)2)22-11-10-14(16(19)21-6)17(20)23-18(3,4)5/h7-9,14H,10-11H2,1-6H3/t14-/m0/s1. The van der Waals surface area contributed by atoms with Gasteiger partial charge in [-0.1, -0.05) is 12.1 Å². The van der Waals surface area contributed by atoms with E-state index in [9.17, 15) is 9.59 Å². The van der Waals surface area contributed by atoms with E-state index in [1.165, 1.54) is 7.11 Å². The van der Waals surface area contributed by atoms with Crippen molar-refractivity contribution in [3.05, 3.63) is 29.3 Å². The summed E-state index contributed by atoms with van der Waals surface area (Å²) in [6.45, 7) is 9.46. The molecule has 0 aromatic heterocycles. The third-order valence-electron chi connectivity index (χ3n) is 3.40. The Hall–Kier alpha value is -2.04. The predicted molar refractivity (Wildman–Crippen MR) is 87.4 cm³/mol. The number of methoxy groups -OCH3 is 1. The van der Waals surface area contributed by atoms with Crippen LogP contribution in [0.15, 0.2) is 18.2 Å². The molecule has 0 saturated carbocycles. The van der Waals surface area contributed by atoms with Crippen LogP contribution in [0.1, 0.15) is 38.3 Å². The van der Waals surface area contributed by atoms with Gasteiger partial charge < -0.3 is 14.2 Å². The van der Waals surface area contributed by atoms with Crippen molar-refractivity contribution in [2.75, 3.05) is 13.7 Å². The first kappa shape index (κ1) is 19.0. The van der Waals surface area contributed by atoms with Crippen LogP contribution >= 0.6 is 0 Å². The average molecular weight is 322 g/mol. The molecule has 1 rings (SSSR count). The molecule has 1 aromatic rings. The summed E-state index contributed by atoms with van der Waals surface area (Å²) < 4.78 is 15.7. The van der Waals surface area contributed by atoms with E-state index in [0.717, 1.165) is 16.9 Å². The maximum atomic E-state index is 12.1. The summed E-state index contributed by atoms with van der Waals surface area (Å²) in [5.41, 5.74) is 1.51. The first-order chi connectivity index (χ1) is 10.7. The topological polar surface area (TPSA) is 61.8 Å². The smallest absolute Gasteiger partial charge is 0.320 e. The summed E-state index contributed by atoms with van der Waals surface area (Å²) in [6, 6.07) is 5.77. The van der Waals surface area contributed by atoms with E-state index in [1.54, 1.807) is 20.8 Å². The minimum absolute atomic E-state index is 0.203. The van der Waals surface area contributed by atoms with Gasteiger partial charge in [0.1, 0.15) is 11.4 Å². The number of esters is 2. The van der Waals surface area contributed by atoms with E-state index < -0.39 is 23.5 Å². The molecule has 0 saturated heterocycles. The number of carbonyl (C=O) groups excluding carboxylic acids is 2. The summed E-state index contributed by atoms with van der Waals surface area (Å²) in [5, 5.41) is 0. The van der Waals surface area contributed by atoms with Gasteiger partial charge in [-0.2, -0.15) is 0 Å². The van der Waals surface area contributed by atoms with E-state index in [4.69, 9.17) is 14.2 Å². The fourth-order valence-corrected chi connectivity index (χ4v) is 2.01. The molecular weight excluding hydrogens is 296 g/mol. The zero-order valence-corrected chi connectivity index (χ0v) is 14.8. The zero-order chi connectivity index (χ0) is 17.6. The lowest BCUT2D eigenvalue weighted by Crippen LogP contribution is -2.34. The Bertz CT molecular complexity index is 557. The Morgan fingerprint density at radius 3 is 2.35 bits per heavy atom. The summed E-state index contributed by atoms with van der Waals surface area (Å²) in [5.74, 6) is -1.43.